The number of benzene rings is 14. The fraction of sp³-hybridized carbons (Fsp3) is 0.124. The normalized spacial score (nSPS) is 14.1. The van der Waals surface area contributed by atoms with Gasteiger partial charge in [0.1, 0.15) is 6.07 Å². The number of nitriles is 1. The highest BCUT2D eigenvalue weighted by atomic mass is 15.2. The van der Waals surface area contributed by atoms with Gasteiger partial charge in [0.15, 0.2) is 0 Å². The number of hydrogen-bond acceptors (Lipinski definition) is 3. The van der Waals surface area contributed by atoms with Gasteiger partial charge in [-0.15, -0.1) is 0 Å². The van der Waals surface area contributed by atoms with E-state index in [9.17, 15) is 13.5 Å². The highest BCUT2D eigenvalue weighted by Crippen LogP contribution is 2.51. The van der Waals surface area contributed by atoms with Crippen molar-refractivity contribution in [1.29, 1.82) is 5.26 Å². The summed E-state index contributed by atoms with van der Waals surface area (Å²) in [7, 11) is 0. The number of anilines is 6. The van der Waals surface area contributed by atoms with E-state index in [1.807, 2.05) is 24.3 Å². The summed E-state index contributed by atoms with van der Waals surface area (Å²) < 4.78 is 81.9. The smallest absolute Gasteiger partial charge is 0.252 e. The predicted molar refractivity (Wildman–Crippen MR) is 441 cm³/mol. The van der Waals surface area contributed by atoms with Crippen LogP contribution in [0, 0.1) is 11.3 Å². The van der Waals surface area contributed by atoms with Crippen molar-refractivity contribution in [2.24, 2.45) is 0 Å². The summed E-state index contributed by atoms with van der Waals surface area (Å²) in [5, 5.41) is 15.8. The SMILES string of the molecule is [2H]c1c([2H])c([2H])c2c(c1[2H])c1c([2H])c([2H])c([2H])c([2H])c1n2-c1ccc2c(c1)N(c1cc(-c3ccccc3)cc(-c3ccccc3)c1)c1cc(-n3c4ccc(C(C)(C)C)cc4c4cc(C(C)(C)C)ccc43)cc3c1B2c1cc(-c2cccc(C(C)(C)C)c2)ccc1N3c1ccc(C#N)c(-n2c3ccccc3c3ccccc32)c1. The number of fused-ring (bicyclic) bond motifs is 13. The summed E-state index contributed by atoms with van der Waals surface area (Å²) in [6, 6.07) is 90.1. The monoisotopic (exact) mass is 1340 g/mol. The molecule has 17 aromatic rings. The highest BCUT2D eigenvalue weighted by molar-refractivity contribution is 7.00. The molecule has 0 N–H and O–H groups in total. The maximum Gasteiger partial charge on any atom is 0.252 e. The van der Waals surface area contributed by atoms with Crippen molar-refractivity contribution < 1.29 is 11.0 Å². The molecule has 7 heteroatoms. The molecule has 0 amide bonds. The van der Waals surface area contributed by atoms with Gasteiger partial charge in [0.2, 0.25) is 0 Å². The van der Waals surface area contributed by atoms with Gasteiger partial charge in [-0.05, 0) is 198 Å². The lowest BCUT2D eigenvalue weighted by Gasteiger charge is -2.45. The number of hydrogen-bond donors (Lipinski definition) is 0. The highest BCUT2D eigenvalue weighted by Gasteiger charge is 2.45. The molecule has 498 valence electrons. The Hall–Kier alpha value is -12.4. The first-order chi connectivity index (χ1) is 53.7. The Balaban J connectivity index is 1.00. The molecule has 0 radical (unpaired) electrons. The molecule has 0 saturated heterocycles. The third-order valence-corrected chi connectivity index (χ3v) is 21.7. The second-order valence-electron chi connectivity index (χ2n) is 31.1. The van der Waals surface area contributed by atoms with E-state index < -0.39 is 43.0 Å². The molecular weight excluding hydrogens is 1260 g/mol. The van der Waals surface area contributed by atoms with Gasteiger partial charge in [-0.2, -0.15) is 5.26 Å². The molecule has 2 aliphatic heterocycles. The van der Waals surface area contributed by atoms with Crippen molar-refractivity contribution in [3.05, 3.63) is 325 Å². The van der Waals surface area contributed by atoms with Gasteiger partial charge >= 0.3 is 0 Å². The molecule has 0 fully saturated rings. The van der Waals surface area contributed by atoms with Crippen LogP contribution in [0.3, 0.4) is 0 Å². The molecule has 0 unspecified atom stereocenters. The number of para-hydroxylation sites is 4. The standard InChI is InChI=1S/C97H77BN6/c1-95(2,3)68-30-24-29-63(50-68)64-40-46-89-82(53-64)98-81-45-44-72(100-83-35-20-16-31-75(83)76-32-17-21-36-84(76)100)57-91(81)103(73-51-66(61-25-12-10-13-26-61)49-67(52-73)62-27-14-11-15-28-62)93-59-74(102-87-47-41-69(96(4,5)6)54-79(87)80-55-70(97(7,8)9)42-48-88(80)102)58-92(94(93)98)101(89)71-43-39-65(60-99)90(56-71)104-85-37-22-18-33-77(85)78-34-19-23-38-86(78)104/h10-59H,1-9H3/i16D,17D,20D,21D,31D,32D,35D,36D. The minimum absolute atomic E-state index is 0.00541. The summed E-state index contributed by atoms with van der Waals surface area (Å²) in [4.78, 5) is 4.78. The zero-order chi connectivity index (χ0) is 77.6. The molecule has 2 aliphatic rings. The van der Waals surface area contributed by atoms with Crippen molar-refractivity contribution in [2.75, 3.05) is 9.80 Å². The van der Waals surface area contributed by atoms with Gasteiger partial charge in [-0.3, -0.25) is 0 Å². The molecule has 0 atom stereocenters. The Kier molecular flexibility index (Phi) is 12.2. The van der Waals surface area contributed by atoms with Crippen LogP contribution in [0.15, 0.2) is 303 Å². The van der Waals surface area contributed by atoms with E-state index in [-0.39, 0.29) is 50.1 Å². The second kappa shape index (κ2) is 23.3. The molecule has 0 aliphatic carbocycles. The fourth-order valence-electron chi connectivity index (χ4n) is 16.5. The Morgan fingerprint density at radius 3 is 1.36 bits per heavy atom. The maximum absolute atomic E-state index is 11.5. The van der Waals surface area contributed by atoms with Gasteiger partial charge in [0.25, 0.3) is 6.71 Å². The summed E-state index contributed by atoms with van der Waals surface area (Å²) in [6.45, 7) is 19.7. The minimum Gasteiger partial charge on any atom is -0.311 e. The Morgan fingerprint density at radius 1 is 0.298 bits per heavy atom. The lowest BCUT2D eigenvalue weighted by atomic mass is 9.33. The van der Waals surface area contributed by atoms with E-state index in [1.165, 1.54) is 16.7 Å². The Labute approximate surface area is 619 Å². The fourth-order valence-corrected chi connectivity index (χ4v) is 16.5. The summed E-state index contributed by atoms with van der Waals surface area (Å²) in [5.74, 6) is 0. The first-order valence-corrected chi connectivity index (χ1v) is 35.8. The third kappa shape index (κ3) is 9.90. The summed E-state index contributed by atoms with van der Waals surface area (Å²) in [5.41, 5.74) is 23.3. The first-order valence-electron chi connectivity index (χ1n) is 39.8. The topological polar surface area (TPSA) is 45.1 Å². The molecule has 14 aromatic carbocycles. The van der Waals surface area contributed by atoms with Gasteiger partial charge in [-0.1, -0.05) is 250 Å². The summed E-state index contributed by atoms with van der Waals surface area (Å²) >= 11 is 0. The lowest BCUT2D eigenvalue weighted by molar-refractivity contribution is 0.590. The zero-order valence-electron chi connectivity index (χ0n) is 67.5. The Morgan fingerprint density at radius 2 is 0.779 bits per heavy atom. The van der Waals surface area contributed by atoms with Crippen molar-refractivity contribution in [3.63, 3.8) is 0 Å². The summed E-state index contributed by atoms with van der Waals surface area (Å²) in [6.07, 6.45) is 0. The van der Waals surface area contributed by atoms with Gasteiger partial charge in [-0.25, -0.2) is 0 Å². The van der Waals surface area contributed by atoms with Crippen LogP contribution in [0.1, 0.15) is 95.5 Å². The molecule has 6 nitrogen and oxygen atoms in total. The van der Waals surface area contributed by atoms with Gasteiger partial charge < -0.3 is 23.5 Å². The van der Waals surface area contributed by atoms with E-state index >= 15 is 0 Å². The maximum atomic E-state index is 11.5. The Bertz CT molecular complexity index is 6710. The molecule has 0 bridgehead atoms. The molecule has 19 rings (SSSR count). The second-order valence-corrected chi connectivity index (χ2v) is 31.1. The zero-order valence-corrected chi connectivity index (χ0v) is 59.5. The van der Waals surface area contributed by atoms with Crippen molar-refractivity contribution in [2.45, 2.75) is 78.6 Å². The number of rotatable bonds is 8. The number of aromatic nitrogens is 3. The van der Waals surface area contributed by atoms with Crippen LogP contribution in [0.5, 0.6) is 0 Å². The van der Waals surface area contributed by atoms with Crippen molar-refractivity contribution >= 4 is 123 Å². The van der Waals surface area contributed by atoms with E-state index in [2.05, 4.69) is 318 Å². The molecule has 104 heavy (non-hydrogen) atoms. The molecule has 5 heterocycles. The first kappa shape index (κ1) is 54.4. The van der Waals surface area contributed by atoms with Crippen LogP contribution in [0.25, 0.3) is 116 Å². The van der Waals surface area contributed by atoms with Crippen LogP contribution < -0.4 is 26.2 Å². The largest absolute Gasteiger partial charge is 0.311 e. The lowest BCUT2D eigenvalue weighted by Crippen LogP contribution is -2.61. The van der Waals surface area contributed by atoms with Crippen LogP contribution in [0.4, 0.5) is 34.1 Å². The predicted octanol–water partition coefficient (Wildman–Crippen LogP) is 23.8. The van der Waals surface area contributed by atoms with Crippen molar-refractivity contribution in [1.82, 2.24) is 13.7 Å². The van der Waals surface area contributed by atoms with Gasteiger partial charge in [0, 0.05) is 72.1 Å². The van der Waals surface area contributed by atoms with Gasteiger partial charge in [0.05, 0.1) is 61.0 Å². The van der Waals surface area contributed by atoms with Crippen molar-refractivity contribution in [3.8, 4) is 56.5 Å². The van der Waals surface area contributed by atoms with Crippen LogP contribution in [0.2, 0.25) is 0 Å². The average Bonchev–Trinajstić information content (AvgIpc) is 0.830. The quantitative estimate of drug-likeness (QED) is 0.142. The van der Waals surface area contributed by atoms with Crippen LogP contribution in [-0.4, -0.2) is 20.4 Å². The van der Waals surface area contributed by atoms with E-state index in [1.54, 1.807) is 4.57 Å². The average molecular weight is 1350 g/mol. The molecular formula is C97H77BN6. The van der Waals surface area contributed by atoms with E-state index in [0.717, 1.165) is 139 Å². The van der Waals surface area contributed by atoms with Crippen LogP contribution >= 0.6 is 0 Å². The van der Waals surface area contributed by atoms with Crippen LogP contribution in [-0.2, 0) is 16.2 Å². The minimum atomic E-state index is -0.549. The van der Waals surface area contributed by atoms with E-state index in [0.29, 0.717) is 11.3 Å². The molecule has 3 aromatic heterocycles. The third-order valence-electron chi connectivity index (χ3n) is 21.7. The molecule has 0 saturated carbocycles. The number of nitrogens with zero attached hydrogens (tertiary/aromatic N) is 6. The van der Waals surface area contributed by atoms with E-state index in [4.69, 9.17) is 2.74 Å². The molecule has 0 spiro atoms.